The summed E-state index contributed by atoms with van der Waals surface area (Å²) in [5, 5.41) is 28.0. The normalized spacial score (nSPS) is 19.4. The molecule has 8 nitrogen and oxygen atoms in total. The lowest BCUT2D eigenvalue weighted by Crippen LogP contribution is -2.41. The quantitative estimate of drug-likeness (QED) is 0.441. The van der Waals surface area contributed by atoms with Gasteiger partial charge in [0.25, 0.3) is 0 Å². The van der Waals surface area contributed by atoms with Crippen LogP contribution in [0.5, 0.6) is 5.75 Å². The number of likely N-dealkylation sites (tertiary alicyclic amines) is 1. The fourth-order valence-electron chi connectivity index (χ4n) is 4.80. The van der Waals surface area contributed by atoms with Gasteiger partial charge in [0, 0.05) is 30.7 Å². The monoisotopic (exact) mass is 462 g/mol. The molecule has 1 aliphatic rings. The maximum absolute atomic E-state index is 11.5. The molecule has 3 heterocycles. The van der Waals surface area contributed by atoms with Crippen LogP contribution < -0.4 is 4.74 Å². The number of rotatable bonds is 8. The first kappa shape index (κ1) is 23.7. The predicted octanol–water partition coefficient (Wildman–Crippen LogP) is 3.24. The van der Waals surface area contributed by atoms with E-state index in [1.807, 2.05) is 24.3 Å². The zero-order valence-electron chi connectivity index (χ0n) is 19.3. The minimum absolute atomic E-state index is 0.0310. The maximum Gasteiger partial charge on any atom is 0.303 e. The van der Waals surface area contributed by atoms with Gasteiger partial charge in [0.1, 0.15) is 5.75 Å². The molecule has 178 valence electrons. The van der Waals surface area contributed by atoms with Gasteiger partial charge in [0.15, 0.2) is 0 Å². The number of carboxylic acid groups (broad SMARTS) is 1. The molecule has 0 amide bonds. The van der Waals surface area contributed by atoms with Gasteiger partial charge >= 0.3 is 5.97 Å². The van der Waals surface area contributed by atoms with Gasteiger partial charge in [0.2, 0.25) is 0 Å². The van der Waals surface area contributed by atoms with Gasteiger partial charge in [-0.25, -0.2) is 0 Å². The number of nitrogens with zero attached hydrogens (tertiary/aromatic N) is 3. The number of hydrogen-bond donors (Lipinski definition) is 3. The summed E-state index contributed by atoms with van der Waals surface area (Å²) in [4.78, 5) is 18.1. The van der Waals surface area contributed by atoms with Crippen molar-refractivity contribution < 1.29 is 19.7 Å². The SMILES string of the molecule is COc1ccc2nccc(C(O)CC[C@@H]3CCN(CC#Cc4cn[nH]c4)C[C@@H]3CC(=O)O)c2c1. The summed E-state index contributed by atoms with van der Waals surface area (Å²) < 4.78 is 5.34. The Morgan fingerprint density at radius 2 is 2.24 bits per heavy atom. The first-order valence-electron chi connectivity index (χ1n) is 11.6. The van der Waals surface area contributed by atoms with Crippen molar-refractivity contribution in [2.75, 3.05) is 26.7 Å². The molecule has 0 bridgehead atoms. The molecule has 2 aromatic heterocycles. The number of carbonyl (C=O) groups is 1. The molecule has 3 aromatic rings. The van der Waals surface area contributed by atoms with Crippen molar-refractivity contribution in [1.29, 1.82) is 0 Å². The molecule has 1 aromatic carbocycles. The summed E-state index contributed by atoms with van der Waals surface area (Å²) in [6, 6.07) is 7.49. The second-order valence-electron chi connectivity index (χ2n) is 8.81. The van der Waals surface area contributed by atoms with E-state index in [1.54, 1.807) is 25.7 Å². The average Bonchev–Trinajstić information content (AvgIpc) is 3.36. The van der Waals surface area contributed by atoms with Crippen LogP contribution in [0.2, 0.25) is 0 Å². The highest BCUT2D eigenvalue weighted by molar-refractivity contribution is 5.83. The summed E-state index contributed by atoms with van der Waals surface area (Å²) in [7, 11) is 1.62. The van der Waals surface area contributed by atoms with Crippen molar-refractivity contribution in [1.82, 2.24) is 20.1 Å². The molecular formula is C26H30N4O4. The molecule has 3 N–H and O–H groups in total. The Labute approximate surface area is 199 Å². The third kappa shape index (κ3) is 5.93. The van der Waals surface area contributed by atoms with E-state index in [2.05, 4.69) is 31.9 Å². The van der Waals surface area contributed by atoms with E-state index in [0.717, 1.165) is 47.2 Å². The number of pyridine rings is 1. The molecule has 0 radical (unpaired) electrons. The third-order valence-electron chi connectivity index (χ3n) is 6.60. The number of piperidine rings is 1. The molecule has 1 aliphatic heterocycles. The zero-order valence-corrected chi connectivity index (χ0v) is 19.3. The lowest BCUT2D eigenvalue weighted by Gasteiger charge is -2.37. The van der Waals surface area contributed by atoms with Gasteiger partial charge in [-0.2, -0.15) is 5.10 Å². The van der Waals surface area contributed by atoms with E-state index in [-0.39, 0.29) is 18.3 Å². The smallest absolute Gasteiger partial charge is 0.303 e. The van der Waals surface area contributed by atoms with Gasteiger partial charge in [-0.05, 0) is 67.5 Å². The van der Waals surface area contributed by atoms with Gasteiger partial charge < -0.3 is 14.9 Å². The molecule has 3 atom stereocenters. The molecule has 1 unspecified atom stereocenters. The van der Waals surface area contributed by atoms with Crippen molar-refractivity contribution in [2.24, 2.45) is 11.8 Å². The highest BCUT2D eigenvalue weighted by Crippen LogP contribution is 2.34. The Kier molecular flexibility index (Phi) is 7.78. The number of benzene rings is 1. The number of fused-ring (bicyclic) bond motifs is 1. The van der Waals surface area contributed by atoms with E-state index in [1.165, 1.54) is 0 Å². The number of hydrogen-bond acceptors (Lipinski definition) is 6. The zero-order chi connectivity index (χ0) is 23.9. The standard InChI is InChI=1S/C26H30N4O4/c1-34-21-5-6-24-23(14-21)22(8-10-27-24)25(31)7-4-19-9-12-30(17-20(19)13-26(32)33)11-2-3-18-15-28-29-16-18/h5-6,8,10,14-16,19-20,25,31H,4,7,9,11-13,17H2,1H3,(H,28,29)(H,32,33)/t19-,20+,25?/m1/s1. The molecule has 1 saturated heterocycles. The topological polar surface area (TPSA) is 112 Å². The van der Waals surface area contributed by atoms with E-state index in [0.29, 0.717) is 19.5 Å². The van der Waals surface area contributed by atoms with Crippen LogP contribution in [0.3, 0.4) is 0 Å². The number of ether oxygens (including phenoxy) is 1. The summed E-state index contributed by atoms with van der Waals surface area (Å²) >= 11 is 0. The van der Waals surface area contributed by atoms with Crippen molar-refractivity contribution in [3.8, 4) is 17.6 Å². The molecule has 1 fully saturated rings. The Hall–Kier alpha value is -3.41. The van der Waals surface area contributed by atoms with Crippen molar-refractivity contribution in [3.05, 3.63) is 54.0 Å². The minimum atomic E-state index is -0.783. The summed E-state index contributed by atoms with van der Waals surface area (Å²) in [6.07, 6.45) is 6.84. The number of aromatic amines is 1. The first-order valence-corrected chi connectivity index (χ1v) is 11.6. The van der Waals surface area contributed by atoms with E-state index < -0.39 is 12.1 Å². The highest BCUT2D eigenvalue weighted by atomic mass is 16.5. The number of aromatic nitrogens is 3. The Balaban J connectivity index is 1.39. The predicted molar refractivity (Wildman–Crippen MR) is 128 cm³/mol. The molecule has 8 heteroatoms. The molecule has 0 aliphatic carbocycles. The van der Waals surface area contributed by atoms with Crippen LogP contribution in [-0.4, -0.2) is 63.0 Å². The number of aliphatic hydroxyl groups is 1. The molecule has 0 saturated carbocycles. The van der Waals surface area contributed by atoms with Gasteiger partial charge in [-0.1, -0.05) is 11.8 Å². The Morgan fingerprint density at radius 3 is 3.00 bits per heavy atom. The summed E-state index contributed by atoms with van der Waals surface area (Å²) in [5.74, 6) is 6.44. The van der Waals surface area contributed by atoms with Gasteiger partial charge in [0.05, 0.1) is 37.0 Å². The second-order valence-corrected chi connectivity index (χ2v) is 8.81. The lowest BCUT2D eigenvalue weighted by molar-refractivity contribution is -0.139. The number of H-pyrrole nitrogens is 1. The van der Waals surface area contributed by atoms with E-state index >= 15 is 0 Å². The van der Waals surface area contributed by atoms with E-state index in [9.17, 15) is 15.0 Å². The van der Waals surface area contributed by atoms with Crippen molar-refractivity contribution in [3.63, 3.8) is 0 Å². The second kappa shape index (κ2) is 11.1. The Bertz CT molecular complexity index is 1170. The number of aliphatic carboxylic acids is 1. The summed E-state index contributed by atoms with van der Waals surface area (Å²) in [6.45, 7) is 2.16. The Morgan fingerprint density at radius 1 is 1.35 bits per heavy atom. The van der Waals surface area contributed by atoms with Crippen LogP contribution in [0, 0.1) is 23.7 Å². The van der Waals surface area contributed by atoms with Crippen LogP contribution >= 0.6 is 0 Å². The minimum Gasteiger partial charge on any atom is -0.497 e. The largest absolute Gasteiger partial charge is 0.497 e. The fourth-order valence-corrected chi connectivity index (χ4v) is 4.80. The lowest BCUT2D eigenvalue weighted by atomic mass is 9.79. The number of carboxylic acids is 1. The number of aliphatic hydroxyl groups excluding tert-OH is 1. The number of methoxy groups -OCH3 is 1. The third-order valence-corrected chi connectivity index (χ3v) is 6.60. The average molecular weight is 463 g/mol. The van der Waals surface area contributed by atoms with Gasteiger partial charge in [-0.15, -0.1) is 0 Å². The molecule has 0 spiro atoms. The van der Waals surface area contributed by atoms with Crippen LogP contribution in [0.4, 0.5) is 0 Å². The highest BCUT2D eigenvalue weighted by Gasteiger charge is 2.31. The van der Waals surface area contributed by atoms with Crippen molar-refractivity contribution in [2.45, 2.75) is 31.8 Å². The first-order chi connectivity index (χ1) is 16.5. The molecule has 4 rings (SSSR count). The fraction of sp³-hybridized carbons (Fsp3) is 0.423. The van der Waals surface area contributed by atoms with Crippen molar-refractivity contribution >= 4 is 16.9 Å². The number of nitrogens with one attached hydrogen (secondary N) is 1. The molecular weight excluding hydrogens is 432 g/mol. The molecule has 34 heavy (non-hydrogen) atoms. The van der Waals surface area contributed by atoms with Crippen LogP contribution in [0.15, 0.2) is 42.9 Å². The van der Waals surface area contributed by atoms with E-state index in [4.69, 9.17) is 4.74 Å². The van der Waals surface area contributed by atoms with Crippen LogP contribution in [0.1, 0.15) is 42.9 Å². The van der Waals surface area contributed by atoms with Crippen LogP contribution in [-0.2, 0) is 4.79 Å². The summed E-state index contributed by atoms with van der Waals surface area (Å²) in [5.41, 5.74) is 2.48. The van der Waals surface area contributed by atoms with Crippen LogP contribution in [0.25, 0.3) is 10.9 Å². The maximum atomic E-state index is 11.5. The van der Waals surface area contributed by atoms with Gasteiger partial charge in [-0.3, -0.25) is 19.8 Å².